The van der Waals surface area contributed by atoms with Crippen LogP contribution in [0.15, 0.2) is 35.7 Å². The molecule has 0 spiro atoms. The second-order valence-electron chi connectivity index (χ2n) is 5.28. The molecule has 1 aromatic heterocycles. The summed E-state index contributed by atoms with van der Waals surface area (Å²) < 4.78 is 0. The highest BCUT2D eigenvalue weighted by Crippen LogP contribution is 2.23. The predicted octanol–water partition coefficient (Wildman–Crippen LogP) is 2.65. The lowest BCUT2D eigenvalue weighted by atomic mass is 9.94. The lowest BCUT2D eigenvalue weighted by molar-refractivity contribution is -0.146. The summed E-state index contributed by atoms with van der Waals surface area (Å²) in [4.78, 5) is 27.3. The summed E-state index contributed by atoms with van der Waals surface area (Å²) in [6.07, 6.45) is 0. The van der Waals surface area contributed by atoms with E-state index in [1.54, 1.807) is 19.2 Å². The van der Waals surface area contributed by atoms with Gasteiger partial charge in [-0.2, -0.15) is 0 Å². The molecule has 0 fully saturated rings. The van der Waals surface area contributed by atoms with Crippen LogP contribution < -0.4 is 5.32 Å². The molecule has 0 radical (unpaired) electrons. The van der Waals surface area contributed by atoms with Crippen molar-refractivity contribution in [2.75, 3.05) is 6.54 Å². The number of amides is 1. The van der Waals surface area contributed by atoms with E-state index in [-0.39, 0.29) is 12.5 Å². The molecular formula is C15H16N2O3S. The third-order valence-corrected chi connectivity index (χ3v) is 3.92. The SMILES string of the molecule is CC(C)(CNC(=O)c1csc(-c2ccccc2)n1)C(=O)O. The number of carbonyl (C=O) groups is 2. The number of aliphatic carboxylic acids is 1. The first kappa shape index (κ1) is 15.2. The van der Waals surface area contributed by atoms with Gasteiger partial charge in [-0.25, -0.2) is 4.98 Å². The van der Waals surface area contributed by atoms with Crippen molar-refractivity contribution in [1.29, 1.82) is 0 Å². The highest BCUT2D eigenvalue weighted by Gasteiger charge is 2.28. The van der Waals surface area contributed by atoms with Crippen LogP contribution in [-0.4, -0.2) is 28.5 Å². The van der Waals surface area contributed by atoms with E-state index in [9.17, 15) is 9.59 Å². The summed E-state index contributed by atoms with van der Waals surface area (Å²) in [5.41, 5.74) is 0.251. The minimum Gasteiger partial charge on any atom is -0.481 e. The maximum Gasteiger partial charge on any atom is 0.310 e. The molecule has 2 aromatic rings. The van der Waals surface area contributed by atoms with Gasteiger partial charge in [0, 0.05) is 17.5 Å². The molecule has 0 bridgehead atoms. The molecule has 1 amide bonds. The van der Waals surface area contributed by atoms with E-state index in [4.69, 9.17) is 5.11 Å². The largest absolute Gasteiger partial charge is 0.481 e. The zero-order valence-corrected chi connectivity index (χ0v) is 12.6. The Morgan fingerprint density at radius 3 is 2.57 bits per heavy atom. The van der Waals surface area contributed by atoms with E-state index in [1.165, 1.54) is 11.3 Å². The zero-order valence-electron chi connectivity index (χ0n) is 11.8. The number of hydrogen-bond acceptors (Lipinski definition) is 4. The Morgan fingerprint density at radius 2 is 1.95 bits per heavy atom. The summed E-state index contributed by atoms with van der Waals surface area (Å²) in [6.45, 7) is 3.18. The molecule has 0 aliphatic carbocycles. The second-order valence-corrected chi connectivity index (χ2v) is 6.13. The van der Waals surface area contributed by atoms with Gasteiger partial charge in [-0.05, 0) is 13.8 Å². The van der Waals surface area contributed by atoms with Crippen molar-refractivity contribution < 1.29 is 14.7 Å². The van der Waals surface area contributed by atoms with Crippen molar-refractivity contribution in [3.63, 3.8) is 0 Å². The smallest absolute Gasteiger partial charge is 0.310 e. The maximum absolute atomic E-state index is 12.0. The van der Waals surface area contributed by atoms with Gasteiger partial charge in [0.05, 0.1) is 5.41 Å². The van der Waals surface area contributed by atoms with Gasteiger partial charge in [-0.15, -0.1) is 11.3 Å². The molecule has 21 heavy (non-hydrogen) atoms. The van der Waals surface area contributed by atoms with Gasteiger partial charge in [0.2, 0.25) is 0 Å². The van der Waals surface area contributed by atoms with Crippen LogP contribution in [0.2, 0.25) is 0 Å². The van der Waals surface area contributed by atoms with Crippen molar-refractivity contribution in [2.45, 2.75) is 13.8 Å². The number of carboxylic acid groups (broad SMARTS) is 1. The van der Waals surface area contributed by atoms with Crippen molar-refractivity contribution in [3.05, 3.63) is 41.4 Å². The number of rotatable bonds is 5. The molecule has 110 valence electrons. The van der Waals surface area contributed by atoms with E-state index in [2.05, 4.69) is 10.3 Å². The van der Waals surface area contributed by atoms with Crippen LogP contribution in [0.1, 0.15) is 24.3 Å². The van der Waals surface area contributed by atoms with Gasteiger partial charge in [0.25, 0.3) is 5.91 Å². The van der Waals surface area contributed by atoms with Crippen molar-refractivity contribution >= 4 is 23.2 Å². The van der Waals surface area contributed by atoms with Crippen LogP contribution in [0.5, 0.6) is 0 Å². The molecular weight excluding hydrogens is 288 g/mol. The minimum atomic E-state index is -1.01. The van der Waals surface area contributed by atoms with Crippen molar-refractivity contribution in [3.8, 4) is 10.6 Å². The Morgan fingerprint density at radius 1 is 1.29 bits per heavy atom. The molecule has 0 aliphatic rings. The summed E-state index contributed by atoms with van der Waals surface area (Å²) in [5.74, 6) is -1.31. The maximum atomic E-state index is 12.0. The van der Waals surface area contributed by atoms with Crippen LogP contribution in [-0.2, 0) is 4.79 Å². The zero-order chi connectivity index (χ0) is 15.5. The average Bonchev–Trinajstić information content (AvgIpc) is 2.95. The van der Waals surface area contributed by atoms with E-state index in [0.717, 1.165) is 10.6 Å². The highest BCUT2D eigenvalue weighted by atomic mass is 32.1. The number of nitrogens with one attached hydrogen (secondary N) is 1. The normalized spacial score (nSPS) is 11.1. The lowest BCUT2D eigenvalue weighted by Crippen LogP contribution is -2.39. The first-order valence-corrected chi connectivity index (χ1v) is 7.31. The fraction of sp³-hybridized carbons (Fsp3) is 0.267. The lowest BCUT2D eigenvalue weighted by Gasteiger charge is -2.18. The van der Waals surface area contributed by atoms with Crippen molar-refractivity contribution in [1.82, 2.24) is 10.3 Å². The van der Waals surface area contributed by atoms with E-state index in [0.29, 0.717) is 5.69 Å². The van der Waals surface area contributed by atoms with Crippen LogP contribution in [0, 0.1) is 5.41 Å². The molecule has 1 aromatic carbocycles. The number of carboxylic acids is 1. The van der Waals surface area contributed by atoms with Crippen molar-refractivity contribution in [2.24, 2.45) is 5.41 Å². The Hall–Kier alpha value is -2.21. The van der Waals surface area contributed by atoms with Crippen LogP contribution >= 0.6 is 11.3 Å². The molecule has 0 aliphatic heterocycles. The number of aromatic nitrogens is 1. The minimum absolute atomic E-state index is 0.0549. The molecule has 2 rings (SSSR count). The number of carbonyl (C=O) groups excluding carboxylic acids is 1. The number of benzene rings is 1. The predicted molar refractivity (Wildman–Crippen MR) is 81.3 cm³/mol. The molecule has 0 atom stereocenters. The second kappa shape index (κ2) is 6.05. The van der Waals surface area contributed by atoms with Crippen LogP contribution in [0.4, 0.5) is 0 Å². The molecule has 2 N–H and O–H groups in total. The van der Waals surface area contributed by atoms with E-state index >= 15 is 0 Å². The number of hydrogen-bond donors (Lipinski definition) is 2. The molecule has 0 saturated carbocycles. The van der Waals surface area contributed by atoms with Crippen LogP contribution in [0.25, 0.3) is 10.6 Å². The molecule has 0 unspecified atom stereocenters. The Balaban J connectivity index is 2.05. The average molecular weight is 304 g/mol. The number of thiazole rings is 1. The van der Waals surface area contributed by atoms with E-state index in [1.807, 2.05) is 30.3 Å². The first-order chi connectivity index (χ1) is 9.90. The molecule has 5 nitrogen and oxygen atoms in total. The standard InChI is InChI=1S/C15H16N2O3S/c1-15(2,14(19)20)9-16-12(18)11-8-21-13(17-11)10-6-4-3-5-7-10/h3-8H,9H2,1-2H3,(H,16,18)(H,19,20). The Labute approximate surface area is 126 Å². The molecule has 1 heterocycles. The van der Waals surface area contributed by atoms with Gasteiger partial charge in [-0.1, -0.05) is 30.3 Å². The molecule has 0 saturated heterocycles. The topological polar surface area (TPSA) is 79.3 Å². The summed E-state index contributed by atoms with van der Waals surface area (Å²) in [5, 5.41) is 14.1. The van der Waals surface area contributed by atoms with Gasteiger partial charge < -0.3 is 10.4 Å². The Kier molecular flexibility index (Phi) is 4.37. The summed E-state index contributed by atoms with van der Waals surface area (Å²) >= 11 is 1.38. The van der Waals surface area contributed by atoms with Gasteiger partial charge in [0.1, 0.15) is 10.7 Å². The van der Waals surface area contributed by atoms with Gasteiger partial charge in [-0.3, -0.25) is 9.59 Å². The van der Waals surface area contributed by atoms with Gasteiger partial charge in [0.15, 0.2) is 0 Å². The van der Waals surface area contributed by atoms with E-state index < -0.39 is 11.4 Å². The quantitative estimate of drug-likeness (QED) is 0.890. The first-order valence-electron chi connectivity index (χ1n) is 6.43. The third-order valence-electron chi connectivity index (χ3n) is 3.03. The summed E-state index contributed by atoms with van der Waals surface area (Å²) in [7, 11) is 0. The fourth-order valence-electron chi connectivity index (χ4n) is 1.56. The third kappa shape index (κ3) is 3.66. The number of nitrogens with zero attached hydrogens (tertiary/aromatic N) is 1. The summed E-state index contributed by atoms with van der Waals surface area (Å²) in [6, 6.07) is 9.58. The molecule has 6 heteroatoms. The highest BCUT2D eigenvalue weighted by molar-refractivity contribution is 7.13. The van der Waals surface area contributed by atoms with Crippen LogP contribution in [0.3, 0.4) is 0 Å². The fourth-order valence-corrected chi connectivity index (χ4v) is 2.36. The van der Waals surface area contributed by atoms with Gasteiger partial charge >= 0.3 is 5.97 Å². The Bertz CT molecular complexity index is 650. The monoisotopic (exact) mass is 304 g/mol.